The molecule has 3 N–H and O–H groups in total. The molecular weight excluding hydrogens is 245 g/mol. The number of nitrogen functional groups attached to an aromatic ring is 1. The van der Waals surface area contributed by atoms with Crippen molar-refractivity contribution in [3.63, 3.8) is 0 Å². The van der Waals surface area contributed by atoms with Crippen molar-refractivity contribution in [3.05, 3.63) is 30.2 Å². The Morgan fingerprint density at radius 2 is 2.21 bits per heavy atom. The van der Waals surface area contributed by atoms with Gasteiger partial charge < -0.3 is 10.3 Å². The van der Waals surface area contributed by atoms with Gasteiger partial charge in [0.25, 0.3) is 0 Å². The van der Waals surface area contributed by atoms with Crippen LogP contribution >= 0.6 is 0 Å². The Kier molecular flexibility index (Phi) is 1.98. The number of imidazole rings is 1. The van der Waals surface area contributed by atoms with E-state index < -0.39 is 0 Å². The van der Waals surface area contributed by atoms with E-state index in [4.69, 9.17) is 5.73 Å². The van der Waals surface area contributed by atoms with E-state index in [0.29, 0.717) is 23.2 Å². The van der Waals surface area contributed by atoms with Gasteiger partial charge in [0.15, 0.2) is 5.82 Å². The number of halogens is 1. The predicted octanol–water partition coefficient (Wildman–Crippen LogP) is 2.48. The third-order valence-electron chi connectivity index (χ3n) is 3.49. The Hall–Kier alpha value is -2.37. The summed E-state index contributed by atoms with van der Waals surface area (Å²) in [7, 11) is 0. The van der Waals surface area contributed by atoms with Crippen LogP contribution in [0.5, 0.6) is 0 Å². The van der Waals surface area contributed by atoms with Gasteiger partial charge in [-0.05, 0) is 25.0 Å². The number of nitrogens with zero attached hydrogens (tertiary/aromatic N) is 3. The van der Waals surface area contributed by atoms with Crippen molar-refractivity contribution >= 4 is 16.9 Å². The summed E-state index contributed by atoms with van der Waals surface area (Å²) in [5.74, 6) is 0.840. The minimum atomic E-state index is -0.305. The molecule has 0 saturated heterocycles. The van der Waals surface area contributed by atoms with Gasteiger partial charge in [0.05, 0.1) is 17.3 Å². The van der Waals surface area contributed by atoms with Crippen LogP contribution in [0.15, 0.2) is 24.4 Å². The number of aromatic nitrogens is 4. The summed E-state index contributed by atoms with van der Waals surface area (Å²) < 4.78 is 15.9. The van der Waals surface area contributed by atoms with Crippen molar-refractivity contribution in [2.45, 2.75) is 18.9 Å². The topological polar surface area (TPSA) is 72.5 Å². The number of aromatic amines is 1. The highest BCUT2D eigenvalue weighted by molar-refractivity contribution is 5.83. The molecule has 0 amide bonds. The van der Waals surface area contributed by atoms with Crippen LogP contribution in [-0.4, -0.2) is 19.7 Å². The Morgan fingerprint density at radius 3 is 2.89 bits per heavy atom. The zero-order valence-corrected chi connectivity index (χ0v) is 10.1. The molecule has 1 fully saturated rings. The van der Waals surface area contributed by atoms with Gasteiger partial charge in [-0.3, -0.25) is 5.10 Å². The molecule has 0 spiro atoms. The molecule has 0 bridgehead atoms. The summed E-state index contributed by atoms with van der Waals surface area (Å²) >= 11 is 0. The van der Waals surface area contributed by atoms with E-state index >= 15 is 0 Å². The molecule has 1 aliphatic carbocycles. The fourth-order valence-corrected chi connectivity index (χ4v) is 2.45. The average molecular weight is 257 g/mol. The number of hydrogen-bond donors (Lipinski definition) is 2. The number of nitrogens with two attached hydrogens (primary N) is 1. The number of hydrogen-bond acceptors (Lipinski definition) is 3. The van der Waals surface area contributed by atoms with Gasteiger partial charge in [0.1, 0.15) is 17.2 Å². The number of nitrogens with one attached hydrogen (secondary N) is 1. The van der Waals surface area contributed by atoms with Gasteiger partial charge >= 0.3 is 0 Å². The zero-order chi connectivity index (χ0) is 13.0. The fraction of sp³-hybridized carbons (Fsp3) is 0.231. The largest absolute Gasteiger partial charge is 0.383 e. The molecule has 6 heteroatoms. The molecule has 0 aliphatic heterocycles. The van der Waals surface area contributed by atoms with Crippen molar-refractivity contribution in [1.82, 2.24) is 19.7 Å². The summed E-state index contributed by atoms with van der Waals surface area (Å²) in [4.78, 5) is 4.42. The van der Waals surface area contributed by atoms with Crippen molar-refractivity contribution in [1.29, 1.82) is 0 Å². The van der Waals surface area contributed by atoms with Gasteiger partial charge in [-0.15, -0.1) is 0 Å². The second-order valence-electron chi connectivity index (χ2n) is 4.84. The molecule has 19 heavy (non-hydrogen) atoms. The van der Waals surface area contributed by atoms with Crippen LogP contribution in [0.4, 0.5) is 10.2 Å². The van der Waals surface area contributed by atoms with E-state index in [1.54, 1.807) is 12.3 Å². The van der Waals surface area contributed by atoms with Gasteiger partial charge in [-0.1, -0.05) is 6.07 Å². The molecule has 3 aromatic rings. The van der Waals surface area contributed by atoms with Gasteiger partial charge in [0, 0.05) is 6.04 Å². The van der Waals surface area contributed by atoms with Crippen LogP contribution in [0.1, 0.15) is 18.9 Å². The maximum atomic E-state index is 13.9. The number of anilines is 1. The number of para-hydroxylation sites is 1. The molecule has 2 aromatic heterocycles. The Bertz CT molecular complexity index is 769. The van der Waals surface area contributed by atoms with Crippen LogP contribution in [0, 0.1) is 5.82 Å². The predicted molar refractivity (Wildman–Crippen MR) is 70.0 cm³/mol. The first-order valence-corrected chi connectivity index (χ1v) is 6.21. The van der Waals surface area contributed by atoms with Crippen LogP contribution in [-0.2, 0) is 0 Å². The molecule has 1 aliphatic rings. The van der Waals surface area contributed by atoms with E-state index in [2.05, 4.69) is 19.7 Å². The summed E-state index contributed by atoms with van der Waals surface area (Å²) in [6, 6.07) is 5.41. The second kappa shape index (κ2) is 3.57. The molecular formula is C13H12FN5. The SMILES string of the molecule is Nc1[nH]ncc1-c1nc2c(F)cccc2n1C1CC1. The molecule has 5 nitrogen and oxygen atoms in total. The number of benzene rings is 1. The molecule has 96 valence electrons. The first-order chi connectivity index (χ1) is 9.25. The summed E-state index contributed by atoms with van der Waals surface area (Å²) in [6.07, 6.45) is 3.81. The van der Waals surface area contributed by atoms with Crippen molar-refractivity contribution in [2.24, 2.45) is 0 Å². The maximum Gasteiger partial charge on any atom is 0.151 e. The van der Waals surface area contributed by atoms with E-state index in [1.807, 2.05) is 6.07 Å². The highest BCUT2D eigenvalue weighted by Gasteiger charge is 2.30. The van der Waals surface area contributed by atoms with E-state index in [-0.39, 0.29) is 5.82 Å². The molecule has 1 saturated carbocycles. The van der Waals surface area contributed by atoms with Crippen molar-refractivity contribution < 1.29 is 4.39 Å². The summed E-state index contributed by atoms with van der Waals surface area (Å²) in [6.45, 7) is 0. The van der Waals surface area contributed by atoms with Gasteiger partial charge in [0.2, 0.25) is 0 Å². The molecule has 0 atom stereocenters. The van der Waals surface area contributed by atoms with Crippen molar-refractivity contribution in [3.8, 4) is 11.4 Å². The second-order valence-corrected chi connectivity index (χ2v) is 4.84. The smallest absolute Gasteiger partial charge is 0.151 e. The highest BCUT2D eigenvalue weighted by atomic mass is 19.1. The highest BCUT2D eigenvalue weighted by Crippen LogP contribution is 2.42. The Morgan fingerprint density at radius 1 is 1.37 bits per heavy atom. The molecule has 0 unspecified atom stereocenters. The number of rotatable bonds is 2. The minimum Gasteiger partial charge on any atom is -0.383 e. The molecule has 4 rings (SSSR count). The lowest BCUT2D eigenvalue weighted by Gasteiger charge is -2.06. The average Bonchev–Trinajstić information content (AvgIpc) is 3.02. The first kappa shape index (κ1) is 10.5. The standard InChI is InChI=1S/C13H12FN5/c14-9-2-1-3-10-11(9)17-13(19(10)7-4-5-7)8-6-16-18-12(8)15/h1-3,6-7H,4-5H2,(H3,15,16,18). The monoisotopic (exact) mass is 257 g/mol. The van der Waals surface area contributed by atoms with Crippen LogP contribution in [0.2, 0.25) is 0 Å². The van der Waals surface area contributed by atoms with Crippen LogP contribution in [0.3, 0.4) is 0 Å². The summed E-state index contributed by atoms with van der Waals surface area (Å²) in [5, 5.41) is 6.61. The lowest BCUT2D eigenvalue weighted by Crippen LogP contribution is -1.98. The quantitative estimate of drug-likeness (QED) is 0.740. The third-order valence-corrected chi connectivity index (χ3v) is 3.49. The van der Waals surface area contributed by atoms with E-state index in [1.165, 1.54) is 6.07 Å². The van der Waals surface area contributed by atoms with E-state index in [9.17, 15) is 4.39 Å². The molecule has 1 aromatic carbocycles. The van der Waals surface area contributed by atoms with Gasteiger partial charge in [-0.25, -0.2) is 9.37 Å². The van der Waals surface area contributed by atoms with E-state index in [0.717, 1.165) is 23.9 Å². The minimum absolute atomic E-state index is 0.305. The van der Waals surface area contributed by atoms with Crippen LogP contribution < -0.4 is 5.73 Å². The van der Waals surface area contributed by atoms with Crippen molar-refractivity contribution in [2.75, 3.05) is 5.73 Å². The first-order valence-electron chi connectivity index (χ1n) is 6.21. The normalized spacial score (nSPS) is 15.2. The zero-order valence-electron chi connectivity index (χ0n) is 10.1. The Labute approximate surface area is 108 Å². The molecule has 0 radical (unpaired) electrons. The number of fused-ring (bicyclic) bond motifs is 1. The number of H-pyrrole nitrogens is 1. The lowest BCUT2D eigenvalue weighted by molar-refractivity contribution is 0.637. The van der Waals surface area contributed by atoms with Crippen LogP contribution in [0.25, 0.3) is 22.4 Å². The Balaban J connectivity index is 2.07. The summed E-state index contributed by atoms with van der Waals surface area (Å²) in [5.41, 5.74) is 7.79. The molecule has 2 heterocycles. The maximum absolute atomic E-state index is 13.9. The van der Waals surface area contributed by atoms with Gasteiger partial charge in [-0.2, -0.15) is 5.10 Å². The lowest BCUT2D eigenvalue weighted by atomic mass is 10.3. The third kappa shape index (κ3) is 1.46. The fourth-order valence-electron chi connectivity index (χ4n) is 2.45.